The summed E-state index contributed by atoms with van der Waals surface area (Å²) in [5.74, 6) is -0.360. The molecule has 0 amide bonds. The van der Waals surface area contributed by atoms with Crippen molar-refractivity contribution in [2.75, 3.05) is 0 Å². The van der Waals surface area contributed by atoms with E-state index in [1.165, 1.54) is 0 Å². The van der Waals surface area contributed by atoms with E-state index in [9.17, 15) is 0 Å². The monoisotopic (exact) mass is 1060 g/mol. The molecule has 0 aliphatic rings. The summed E-state index contributed by atoms with van der Waals surface area (Å²) in [5, 5.41) is 8.46. The summed E-state index contributed by atoms with van der Waals surface area (Å²) < 4.78 is 30.1. The third kappa shape index (κ3) is 7.18. The Morgan fingerprint density at radius 3 is 0.699 bits per heavy atom. The number of halogens is 1. The first-order valence-corrected chi connectivity index (χ1v) is 28.4. The first kappa shape index (κ1) is 46.9. The van der Waals surface area contributed by atoms with Gasteiger partial charge in [0.05, 0.1) is 55.5 Å². The predicted molar refractivity (Wildman–Crippen MR) is 346 cm³/mol. The summed E-state index contributed by atoms with van der Waals surface area (Å²) in [6.45, 7) is 0. The molecule has 17 rings (SSSR count). The minimum atomic E-state index is -0.360. The molecule has 0 bridgehead atoms. The van der Waals surface area contributed by atoms with Crippen molar-refractivity contribution in [2.45, 2.75) is 0 Å². The molecular weight excluding hydrogens is 1010 g/mol. The molecular formula is C78H49FN4. The summed E-state index contributed by atoms with van der Waals surface area (Å²) in [5.41, 5.74) is 18.7. The van der Waals surface area contributed by atoms with Crippen molar-refractivity contribution in [1.82, 2.24) is 18.3 Å². The van der Waals surface area contributed by atoms with Gasteiger partial charge in [0.2, 0.25) is 0 Å². The van der Waals surface area contributed by atoms with Crippen LogP contribution in [0, 0.1) is 5.82 Å². The largest absolute Gasteiger partial charge is 0.307 e. The minimum Gasteiger partial charge on any atom is -0.307 e. The van der Waals surface area contributed by atoms with E-state index in [1.54, 1.807) is 0 Å². The fourth-order valence-corrected chi connectivity index (χ4v) is 13.5. The van der Waals surface area contributed by atoms with E-state index < -0.39 is 0 Å². The van der Waals surface area contributed by atoms with E-state index >= 15 is 4.39 Å². The maximum atomic E-state index is 21.0. The van der Waals surface area contributed by atoms with E-state index in [4.69, 9.17) is 0 Å². The molecule has 0 spiro atoms. The molecule has 0 unspecified atom stereocenters. The highest BCUT2D eigenvalue weighted by Crippen LogP contribution is 2.48. The zero-order valence-electron chi connectivity index (χ0n) is 45.0. The lowest BCUT2D eigenvalue weighted by molar-refractivity contribution is 0.612. The average molecular weight is 1060 g/mol. The van der Waals surface area contributed by atoms with Crippen LogP contribution >= 0.6 is 0 Å². The number of hydrogen-bond donors (Lipinski definition) is 0. The maximum Gasteiger partial charge on any atom is 0.175 e. The Labute approximate surface area is 477 Å². The Bertz CT molecular complexity index is 5100. The van der Waals surface area contributed by atoms with Crippen molar-refractivity contribution in [3.05, 3.63) is 303 Å². The molecule has 0 N–H and O–H groups in total. The number of benzene rings is 13. The Hall–Kier alpha value is -11.0. The molecule has 83 heavy (non-hydrogen) atoms. The van der Waals surface area contributed by atoms with Gasteiger partial charge in [-0.2, -0.15) is 0 Å². The quantitative estimate of drug-likeness (QED) is 0.145. The standard InChI is InChI=1S/C78H49FN4/c79-76-77(82-68-35-19-15-31-60(68)64-47-56(39-43-72(64)82)52-25-9-3-10-26-52)74(80-66-33-17-13-29-58(66)62-45-54(37-41-70(62)80)50-21-5-1-6-22-50)49-75(81-67-34-18-14-30-59(67)63-46-55(38-42-71(63)81)51-23-7-2-8-24-51)78(76)83-69-36-20-16-32-61(69)65-48-57(40-44-73(65)83)53-27-11-4-12-28-53/h1-49H. The smallest absolute Gasteiger partial charge is 0.175 e. The molecule has 13 aromatic carbocycles. The first-order valence-electron chi connectivity index (χ1n) is 28.4. The van der Waals surface area contributed by atoms with Crippen LogP contribution in [0.25, 0.3) is 154 Å². The van der Waals surface area contributed by atoms with E-state index in [2.05, 4.69) is 316 Å². The van der Waals surface area contributed by atoms with E-state index in [1.807, 2.05) is 0 Å². The third-order valence-electron chi connectivity index (χ3n) is 17.2. The van der Waals surface area contributed by atoms with Crippen molar-refractivity contribution < 1.29 is 4.39 Å². The molecule has 388 valence electrons. The van der Waals surface area contributed by atoms with Crippen molar-refractivity contribution in [1.29, 1.82) is 0 Å². The van der Waals surface area contributed by atoms with Crippen molar-refractivity contribution >= 4 is 87.2 Å². The molecule has 4 aromatic heterocycles. The molecule has 5 heteroatoms. The van der Waals surface area contributed by atoms with Gasteiger partial charge in [-0.25, -0.2) is 4.39 Å². The highest BCUT2D eigenvalue weighted by Gasteiger charge is 2.31. The number of rotatable bonds is 8. The van der Waals surface area contributed by atoms with Gasteiger partial charge in [0, 0.05) is 43.1 Å². The second kappa shape index (κ2) is 18.5. The topological polar surface area (TPSA) is 19.7 Å². The van der Waals surface area contributed by atoms with E-state index in [-0.39, 0.29) is 5.82 Å². The van der Waals surface area contributed by atoms with Gasteiger partial charge in [-0.05, 0) is 123 Å². The highest BCUT2D eigenvalue weighted by molar-refractivity contribution is 6.16. The number of fused-ring (bicyclic) bond motifs is 12. The molecule has 17 aromatic rings. The number of hydrogen-bond acceptors (Lipinski definition) is 0. The van der Waals surface area contributed by atoms with Crippen LogP contribution in [0.3, 0.4) is 0 Å². The van der Waals surface area contributed by atoms with Crippen molar-refractivity contribution in [2.24, 2.45) is 0 Å². The first-order chi connectivity index (χ1) is 41.1. The van der Waals surface area contributed by atoms with Crippen LogP contribution in [0.1, 0.15) is 0 Å². The van der Waals surface area contributed by atoms with Gasteiger partial charge >= 0.3 is 0 Å². The summed E-state index contributed by atoms with van der Waals surface area (Å²) in [7, 11) is 0. The number of nitrogens with zero attached hydrogens (tertiary/aromatic N) is 4. The summed E-state index contributed by atoms with van der Waals surface area (Å²) in [4.78, 5) is 0. The summed E-state index contributed by atoms with van der Waals surface area (Å²) in [6.07, 6.45) is 0. The second-order valence-electron chi connectivity index (χ2n) is 21.7. The Kier molecular flexibility index (Phi) is 10.5. The number of aromatic nitrogens is 4. The summed E-state index contributed by atoms with van der Waals surface area (Å²) >= 11 is 0. The van der Waals surface area contributed by atoms with E-state index in [0.717, 1.165) is 132 Å². The van der Waals surface area contributed by atoms with E-state index in [0.29, 0.717) is 22.7 Å². The van der Waals surface area contributed by atoms with Gasteiger partial charge < -0.3 is 18.3 Å². The lowest BCUT2D eigenvalue weighted by Crippen LogP contribution is -2.14. The summed E-state index contributed by atoms with van der Waals surface area (Å²) in [6, 6.07) is 105. The van der Waals surface area contributed by atoms with Crippen LogP contribution in [-0.2, 0) is 0 Å². The second-order valence-corrected chi connectivity index (χ2v) is 21.7. The zero-order chi connectivity index (χ0) is 54.7. The van der Waals surface area contributed by atoms with Crippen LogP contribution in [0.2, 0.25) is 0 Å². The molecule has 0 aliphatic heterocycles. The molecule has 0 fully saturated rings. The van der Waals surface area contributed by atoms with Gasteiger partial charge in [0.25, 0.3) is 0 Å². The van der Waals surface area contributed by atoms with Crippen LogP contribution < -0.4 is 0 Å². The SMILES string of the molecule is Fc1c(-n2c3ccccc3c3cc(-c4ccccc4)ccc32)c(-n2c3ccccc3c3cc(-c4ccccc4)ccc32)cc(-n2c3ccccc3c3cc(-c4ccccc4)ccc32)c1-n1c2ccccc2c2cc(-c3ccccc3)ccc21. The van der Waals surface area contributed by atoms with Crippen LogP contribution in [-0.4, -0.2) is 18.3 Å². The minimum absolute atomic E-state index is 0.360. The molecule has 4 heterocycles. The fourth-order valence-electron chi connectivity index (χ4n) is 13.5. The Morgan fingerprint density at radius 2 is 0.410 bits per heavy atom. The maximum absolute atomic E-state index is 21.0. The zero-order valence-corrected chi connectivity index (χ0v) is 45.0. The van der Waals surface area contributed by atoms with Gasteiger partial charge in [0.1, 0.15) is 11.4 Å². The Balaban J connectivity index is 1.07. The van der Waals surface area contributed by atoms with Crippen molar-refractivity contribution in [3.8, 4) is 67.3 Å². The van der Waals surface area contributed by atoms with Crippen LogP contribution in [0.4, 0.5) is 4.39 Å². The number of para-hydroxylation sites is 4. The predicted octanol–water partition coefficient (Wildman–Crippen LogP) is 20.9. The van der Waals surface area contributed by atoms with Gasteiger partial charge in [-0.3, -0.25) is 0 Å². The highest BCUT2D eigenvalue weighted by atomic mass is 19.1. The molecule has 4 nitrogen and oxygen atoms in total. The molecule has 0 radical (unpaired) electrons. The van der Waals surface area contributed by atoms with Crippen LogP contribution in [0.5, 0.6) is 0 Å². The molecule has 0 aliphatic carbocycles. The normalized spacial score (nSPS) is 11.9. The average Bonchev–Trinajstić information content (AvgIpc) is 4.17. The molecule has 0 atom stereocenters. The Morgan fingerprint density at radius 1 is 0.181 bits per heavy atom. The molecule has 0 saturated heterocycles. The lowest BCUT2D eigenvalue weighted by atomic mass is 10.0. The third-order valence-corrected chi connectivity index (χ3v) is 17.2. The van der Waals surface area contributed by atoms with Gasteiger partial charge in [0.15, 0.2) is 5.82 Å². The van der Waals surface area contributed by atoms with Gasteiger partial charge in [-0.15, -0.1) is 0 Å². The van der Waals surface area contributed by atoms with Crippen molar-refractivity contribution in [3.63, 3.8) is 0 Å². The van der Waals surface area contributed by atoms with Gasteiger partial charge in [-0.1, -0.05) is 218 Å². The fraction of sp³-hybridized carbons (Fsp3) is 0. The lowest BCUT2D eigenvalue weighted by Gasteiger charge is -2.24. The molecule has 0 saturated carbocycles. The van der Waals surface area contributed by atoms with Crippen LogP contribution in [0.15, 0.2) is 297 Å².